The molecule has 0 aliphatic carbocycles. The largest absolute Gasteiger partial charge is 0.399 e. The Morgan fingerprint density at radius 3 is 2.89 bits per heavy atom. The molecule has 28 heavy (non-hydrogen) atoms. The van der Waals surface area contributed by atoms with E-state index in [0.29, 0.717) is 27.8 Å². The summed E-state index contributed by atoms with van der Waals surface area (Å²) < 4.78 is 19.0. The number of halogens is 1. The zero-order chi connectivity index (χ0) is 20.0. The third-order valence-corrected chi connectivity index (χ3v) is 5.50. The third kappa shape index (κ3) is 2.89. The van der Waals surface area contributed by atoms with Crippen molar-refractivity contribution in [2.24, 2.45) is 19.8 Å². The van der Waals surface area contributed by atoms with Gasteiger partial charge in [-0.25, -0.2) is 14.1 Å². The lowest BCUT2D eigenvalue weighted by Gasteiger charge is -2.04. The first kappa shape index (κ1) is 18.0. The first-order valence-electron chi connectivity index (χ1n) is 8.36. The number of fused-ring (bicyclic) bond motifs is 3. The van der Waals surface area contributed by atoms with Gasteiger partial charge < -0.3 is 15.7 Å². The van der Waals surface area contributed by atoms with Crippen molar-refractivity contribution in [3.05, 3.63) is 51.0 Å². The molecule has 0 aromatic carbocycles. The van der Waals surface area contributed by atoms with E-state index in [0.717, 1.165) is 10.4 Å². The summed E-state index contributed by atoms with van der Waals surface area (Å²) in [5.74, 6) is -0.775. The van der Waals surface area contributed by atoms with E-state index in [-0.39, 0.29) is 24.2 Å². The minimum absolute atomic E-state index is 0.0470. The van der Waals surface area contributed by atoms with E-state index in [1.165, 1.54) is 16.0 Å². The average Bonchev–Trinajstić information content (AvgIpc) is 3.33. The van der Waals surface area contributed by atoms with E-state index in [4.69, 9.17) is 11.1 Å². The Kier molecular flexibility index (Phi) is 4.30. The van der Waals surface area contributed by atoms with Crippen LogP contribution in [0.3, 0.4) is 0 Å². The molecule has 4 rings (SSSR count). The number of rotatable bonds is 5. The monoisotopic (exact) mass is 400 g/mol. The van der Waals surface area contributed by atoms with Gasteiger partial charge in [-0.2, -0.15) is 10.2 Å². The van der Waals surface area contributed by atoms with Gasteiger partial charge in [-0.1, -0.05) is 0 Å². The van der Waals surface area contributed by atoms with Crippen LogP contribution in [-0.4, -0.2) is 35.3 Å². The molecule has 144 valence electrons. The number of hydrogen-bond acceptors (Lipinski definition) is 7. The van der Waals surface area contributed by atoms with E-state index in [2.05, 4.69) is 15.2 Å². The number of nitrogens with one attached hydrogen (secondary N) is 1. The van der Waals surface area contributed by atoms with Gasteiger partial charge in [-0.3, -0.25) is 9.48 Å². The highest BCUT2D eigenvalue weighted by Gasteiger charge is 2.19. The SMILES string of the molecule is Cn1ccc(Cn2ncc3c4sc(CC(N)=C(F)C=N)nc4n(C)c3c2=O)n1. The lowest BCUT2D eigenvalue weighted by molar-refractivity contribution is 0.619. The van der Waals surface area contributed by atoms with Crippen LogP contribution in [0.4, 0.5) is 4.39 Å². The number of hydrogen-bond donors (Lipinski definition) is 2. The highest BCUT2D eigenvalue weighted by molar-refractivity contribution is 7.19. The number of nitrogens with zero attached hydrogens (tertiary/aromatic N) is 6. The van der Waals surface area contributed by atoms with Crippen molar-refractivity contribution >= 4 is 38.8 Å². The van der Waals surface area contributed by atoms with Crippen molar-refractivity contribution in [1.82, 2.24) is 29.1 Å². The Labute approximate surface area is 162 Å². The van der Waals surface area contributed by atoms with E-state index in [1.807, 2.05) is 19.3 Å². The molecule has 0 aliphatic rings. The molecule has 4 aromatic rings. The van der Waals surface area contributed by atoms with Gasteiger partial charge in [-0.05, 0) is 6.07 Å². The van der Waals surface area contributed by atoms with E-state index >= 15 is 0 Å². The van der Waals surface area contributed by atoms with Gasteiger partial charge >= 0.3 is 0 Å². The number of nitrogens with two attached hydrogens (primary N) is 1. The molecule has 9 nitrogen and oxygen atoms in total. The maximum Gasteiger partial charge on any atom is 0.291 e. The molecule has 0 atom stereocenters. The molecule has 0 fully saturated rings. The molecule has 0 saturated carbocycles. The van der Waals surface area contributed by atoms with Crippen LogP contribution in [0.15, 0.2) is 34.8 Å². The van der Waals surface area contributed by atoms with E-state index in [9.17, 15) is 9.18 Å². The fourth-order valence-electron chi connectivity index (χ4n) is 3.06. The Hall–Kier alpha value is -3.34. The normalized spacial score (nSPS) is 12.7. The van der Waals surface area contributed by atoms with Crippen molar-refractivity contribution in [2.45, 2.75) is 13.0 Å². The van der Waals surface area contributed by atoms with Crippen molar-refractivity contribution in [1.29, 1.82) is 5.41 Å². The minimum atomic E-state index is -0.775. The number of aromatic nitrogens is 6. The van der Waals surface area contributed by atoms with E-state index in [1.54, 1.807) is 22.5 Å². The smallest absolute Gasteiger partial charge is 0.291 e. The van der Waals surface area contributed by atoms with Crippen LogP contribution in [0.5, 0.6) is 0 Å². The highest BCUT2D eigenvalue weighted by Crippen LogP contribution is 2.31. The van der Waals surface area contributed by atoms with Crippen molar-refractivity contribution in [3.63, 3.8) is 0 Å². The van der Waals surface area contributed by atoms with Crippen LogP contribution in [-0.2, 0) is 27.1 Å². The summed E-state index contributed by atoms with van der Waals surface area (Å²) in [6.45, 7) is 0.275. The molecular formula is C17H17FN8OS. The summed E-state index contributed by atoms with van der Waals surface area (Å²) in [5.41, 5.74) is 7.24. The van der Waals surface area contributed by atoms with Crippen LogP contribution in [0.2, 0.25) is 0 Å². The second-order valence-corrected chi connectivity index (χ2v) is 7.45. The lowest BCUT2D eigenvalue weighted by Crippen LogP contribution is -2.24. The molecule has 0 unspecified atom stereocenters. The Morgan fingerprint density at radius 2 is 2.21 bits per heavy atom. The van der Waals surface area contributed by atoms with Gasteiger partial charge in [-0.15, -0.1) is 11.3 Å². The number of thiazole rings is 1. The van der Waals surface area contributed by atoms with E-state index < -0.39 is 5.83 Å². The molecular weight excluding hydrogens is 383 g/mol. The molecule has 0 radical (unpaired) electrons. The predicted octanol–water partition coefficient (Wildman–Crippen LogP) is 1.46. The summed E-state index contributed by atoms with van der Waals surface area (Å²) in [7, 11) is 3.57. The fourth-order valence-corrected chi connectivity index (χ4v) is 4.19. The van der Waals surface area contributed by atoms with Crippen LogP contribution < -0.4 is 11.3 Å². The second-order valence-electron chi connectivity index (χ2n) is 6.36. The van der Waals surface area contributed by atoms with Crippen molar-refractivity contribution < 1.29 is 4.39 Å². The molecule has 0 amide bonds. The molecule has 11 heteroatoms. The quantitative estimate of drug-likeness (QED) is 0.491. The van der Waals surface area contributed by atoms with Gasteiger partial charge in [0.1, 0.15) is 10.5 Å². The summed E-state index contributed by atoms with van der Waals surface area (Å²) in [4.78, 5) is 17.4. The maximum absolute atomic E-state index is 13.4. The molecule has 0 bridgehead atoms. The number of allylic oxidation sites excluding steroid dienone is 2. The lowest BCUT2D eigenvalue weighted by atomic mass is 10.3. The topological polar surface area (TPSA) is 120 Å². The molecule has 3 N–H and O–H groups in total. The third-order valence-electron chi connectivity index (χ3n) is 4.43. The molecule has 0 saturated heterocycles. The Balaban J connectivity index is 1.79. The van der Waals surface area contributed by atoms with Gasteiger partial charge in [0.25, 0.3) is 5.56 Å². The zero-order valence-corrected chi connectivity index (χ0v) is 16.0. The Morgan fingerprint density at radius 1 is 1.43 bits per heavy atom. The maximum atomic E-state index is 13.4. The summed E-state index contributed by atoms with van der Waals surface area (Å²) in [6.07, 6.45) is 4.13. The van der Waals surface area contributed by atoms with Crippen molar-refractivity contribution in [2.75, 3.05) is 0 Å². The first-order chi connectivity index (χ1) is 13.4. The van der Waals surface area contributed by atoms with Gasteiger partial charge in [0, 0.05) is 32.1 Å². The predicted molar refractivity (Wildman–Crippen MR) is 105 cm³/mol. The molecule has 4 aromatic heterocycles. The van der Waals surface area contributed by atoms with Gasteiger partial charge in [0.2, 0.25) is 0 Å². The zero-order valence-electron chi connectivity index (χ0n) is 15.2. The molecule has 0 aliphatic heterocycles. The first-order valence-corrected chi connectivity index (χ1v) is 9.17. The summed E-state index contributed by atoms with van der Waals surface area (Å²) in [6, 6.07) is 1.83. The molecule has 0 spiro atoms. The summed E-state index contributed by atoms with van der Waals surface area (Å²) >= 11 is 1.33. The molecule has 4 heterocycles. The highest BCUT2D eigenvalue weighted by atomic mass is 32.1. The van der Waals surface area contributed by atoms with Crippen LogP contribution in [0.25, 0.3) is 21.3 Å². The van der Waals surface area contributed by atoms with Crippen LogP contribution >= 0.6 is 11.3 Å². The minimum Gasteiger partial charge on any atom is -0.399 e. The second kappa shape index (κ2) is 6.68. The standard InChI is InChI=1S/C17H17FN8OS/c1-24-4-3-9(23-24)8-26-17(27)14-10(7-21-26)15-16(25(14)2)22-13(28-15)5-12(20)11(18)6-19/h3-4,6-7,19H,5,8,20H2,1-2H3. The summed E-state index contributed by atoms with van der Waals surface area (Å²) in [5, 5.41) is 16.8. The average molecular weight is 400 g/mol. The van der Waals surface area contributed by atoms with Crippen molar-refractivity contribution in [3.8, 4) is 0 Å². The van der Waals surface area contributed by atoms with Crippen LogP contribution in [0, 0.1) is 5.41 Å². The van der Waals surface area contributed by atoms with Gasteiger partial charge in [0.05, 0.1) is 35.0 Å². The van der Waals surface area contributed by atoms with Crippen LogP contribution in [0.1, 0.15) is 10.7 Å². The fraction of sp³-hybridized carbons (Fsp3) is 0.235. The van der Waals surface area contributed by atoms with Gasteiger partial charge in [0.15, 0.2) is 11.5 Å². The number of aryl methyl sites for hydroxylation is 2. The Bertz CT molecular complexity index is 1310.